The number of amides is 1. The summed E-state index contributed by atoms with van der Waals surface area (Å²) in [5.74, 6) is 0.224. The third-order valence-electron chi connectivity index (χ3n) is 4.41. The van der Waals surface area contributed by atoms with Crippen LogP contribution in [0.1, 0.15) is 37.4 Å². The lowest BCUT2D eigenvalue weighted by Gasteiger charge is -2.24. The number of carbonyl (C=O) groups is 1. The van der Waals surface area contributed by atoms with E-state index in [0.717, 1.165) is 24.9 Å². The Morgan fingerprint density at radius 1 is 1.33 bits per heavy atom. The van der Waals surface area contributed by atoms with Crippen molar-refractivity contribution in [1.29, 1.82) is 0 Å². The van der Waals surface area contributed by atoms with E-state index in [1.165, 1.54) is 5.69 Å². The molecule has 0 bridgehead atoms. The van der Waals surface area contributed by atoms with Crippen LogP contribution in [0, 0.1) is 0 Å². The maximum atomic E-state index is 12.5. The minimum atomic E-state index is -0.00978. The Bertz CT molecular complexity index is 654. The van der Waals surface area contributed by atoms with Crippen LogP contribution in [-0.2, 0) is 29.2 Å². The van der Waals surface area contributed by atoms with Crippen LogP contribution in [0.25, 0.3) is 0 Å². The molecule has 3 heterocycles. The SMILES string of the molecule is CCCCC(=O)N1Cc2cccn2C[C@H](OCc2cccnc2)C1. The molecule has 24 heavy (non-hydrogen) atoms. The van der Waals surface area contributed by atoms with E-state index in [9.17, 15) is 4.79 Å². The van der Waals surface area contributed by atoms with E-state index in [4.69, 9.17) is 4.74 Å². The molecule has 1 aliphatic heterocycles. The van der Waals surface area contributed by atoms with Crippen molar-refractivity contribution in [1.82, 2.24) is 14.5 Å². The molecule has 0 fully saturated rings. The van der Waals surface area contributed by atoms with E-state index >= 15 is 0 Å². The zero-order chi connectivity index (χ0) is 16.8. The molecule has 0 aliphatic carbocycles. The minimum absolute atomic E-state index is 0.00978. The van der Waals surface area contributed by atoms with Gasteiger partial charge in [-0.1, -0.05) is 19.4 Å². The second-order valence-corrected chi connectivity index (χ2v) is 6.32. The molecule has 1 aliphatic rings. The number of pyridine rings is 1. The van der Waals surface area contributed by atoms with Crippen molar-refractivity contribution in [3.05, 3.63) is 54.1 Å². The smallest absolute Gasteiger partial charge is 0.223 e. The molecule has 5 nitrogen and oxygen atoms in total. The monoisotopic (exact) mass is 327 g/mol. The molecular weight excluding hydrogens is 302 g/mol. The van der Waals surface area contributed by atoms with Crippen LogP contribution in [0.4, 0.5) is 0 Å². The molecule has 0 radical (unpaired) electrons. The van der Waals surface area contributed by atoms with Crippen molar-refractivity contribution >= 4 is 5.91 Å². The zero-order valence-electron chi connectivity index (χ0n) is 14.2. The van der Waals surface area contributed by atoms with Crippen LogP contribution in [0.5, 0.6) is 0 Å². The average Bonchev–Trinajstić information content (AvgIpc) is 2.96. The second-order valence-electron chi connectivity index (χ2n) is 6.32. The topological polar surface area (TPSA) is 47.4 Å². The first kappa shape index (κ1) is 16.7. The predicted molar refractivity (Wildman–Crippen MR) is 92.2 cm³/mol. The molecule has 1 atom stereocenters. The average molecular weight is 327 g/mol. The van der Waals surface area contributed by atoms with Crippen molar-refractivity contribution in [2.24, 2.45) is 0 Å². The fourth-order valence-corrected chi connectivity index (χ4v) is 3.03. The lowest BCUT2D eigenvalue weighted by atomic mass is 10.2. The Kier molecular flexibility index (Phi) is 5.64. The summed E-state index contributed by atoms with van der Waals surface area (Å²) in [7, 11) is 0. The lowest BCUT2D eigenvalue weighted by Crippen LogP contribution is -2.37. The molecule has 0 aromatic carbocycles. The number of aromatic nitrogens is 2. The number of rotatable bonds is 6. The molecule has 128 valence electrons. The molecule has 0 spiro atoms. The number of unbranched alkanes of at least 4 members (excludes halogenated alkanes) is 1. The molecule has 0 saturated heterocycles. The molecule has 0 saturated carbocycles. The maximum absolute atomic E-state index is 12.5. The van der Waals surface area contributed by atoms with E-state index < -0.39 is 0 Å². The molecule has 0 N–H and O–H groups in total. The van der Waals surface area contributed by atoms with Crippen molar-refractivity contribution in [3.63, 3.8) is 0 Å². The van der Waals surface area contributed by atoms with Gasteiger partial charge < -0.3 is 14.2 Å². The maximum Gasteiger partial charge on any atom is 0.223 e. The van der Waals surface area contributed by atoms with Gasteiger partial charge >= 0.3 is 0 Å². The minimum Gasteiger partial charge on any atom is -0.370 e. The summed E-state index contributed by atoms with van der Waals surface area (Å²) >= 11 is 0. The highest BCUT2D eigenvalue weighted by Crippen LogP contribution is 2.17. The first-order valence-electron chi connectivity index (χ1n) is 8.68. The third-order valence-corrected chi connectivity index (χ3v) is 4.41. The Labute approximate surface area is 143 Å². The van der Waals surface area contributed by atoms with E-state index in [-0.39, 0.29) is 12.0 Å². The molecule has 3 rings (SSSR count). The first-order chi connectivity index (χ1) is 11.8. The van der Waals surface area contributed by atoms with E-state index in [0.29, 0.717) is 26.1 Å². The lowest BCUT2D eigenvalue weighted by molar-refractivity contribution is -0.134. The Hall–Kier alpha value is -2.14. The number of fused-ring (bicyclic) bond motifs is 1. The highest BCUT2D eigenvalue weighted by molar-refractivity contribution is 5.76. The fourth-order valence-electron chi connectivity index (χ4n) is 3.03. The molecule has 0 unspecified atom stereocenters. The number of nitrogens with zero attached hydrogens (tertiary/aromatic N) is 3. The highest BCUT2D eigenvalue weighted by Gasteiger charge is 2.25. The number of carbonyl (C=O) groups excluding carboxylic acids is 1. The highest BCUT2D eigenvalue weighted by atomic mass is 16.5. The van der Waals surface area contributed by atoms with Gasteiger partial charge in [0.05, 0.1) is 25.8 Å². The zero-order valence-corrected chi connectivity index (χ0v) is 14.2. The van der Waals surface area contributed by atoms with Crippen LogP contribution < -0.4 is 0 Å². The summed E-state index contributed by atoms with van der Waals surface area (Å²) in [6.07, 6.45) is 8.23. The Morgan fingerprint density at radius 2 is 2.25 bits per heavy atom. The van der Waals surface area contributed by atoms with Crippen molar-refractivity contribution in [2.45, 2.75) is 52.0 Å². The quantitative estimate of drug-likeness (QED) is 0.819. The van der Waals surface area contributed by atoms with Gasteiger partial charge in [-0.25, -0.2) is 0 Å². The largest absolute Gasteiger partial charge is 0.370 e. The van der Waals surface area contributed by atoms with Gasteiger partial charge in [-0.2, -0.15) is 0 Å². The molecule has 2 aromatic heterocycles. The summed E-state index contributed by atoms with van der Waals surface area (Å²) < 4.78 is 8.30. The standard InChI is InChI=1S/C19H25N3O2/c1-2-3-8-19(23)22-12-17-7-5-10-21(17)13-18(14-22)24-15-16-6-4-9-20-11-16/h4-7,9-11,18H,2-3,8,12-15H2,1H3/t18-/m0/s1. The van der Waals surface area contributed by atoms with Gasteiger partial charge in [-0.15, -0.1) is 0 Å². The van der Waals surface area contributed by atoms with Gasteiger partial charge in [-0.3, -0.25) is 9.78 Å². The second kappa shape index (κ2) is 8.11. The fraction of sp³-hybridized carbons (Fsp3) is 0.474. The van der Waals surface area contributed by atoms with Crippen molar-refractivity contribution in [2.75, 3.05) is 6.54 Å². The van der Waals surface area contributed by atoms with Crippen LogP contribution in [0.3, 0.4) is 0 Å². The van der Waals surface area contributed by atoms with Crippen LogP contribution in [-0.4, -0.2) is 33.0 Å². The predicted octanol–water partition coefficient (Wildman–Crippen LogP) is 3.00. The number of hydrogen-bond acceptors (Lipinski definition) is 3. The van der Waals surface area contributed by atoms with Gasteiger partial charge in [0.15, 0.2) is 0 Å². The van der Waals surface area contributed by atoms with E-state index in [1.807, 2.05) is 29.3 Å². The summed E-state index contributed by atoms with van der Waals surface area (Å²) in [4.78, 5) is 18.6. The van der Waals surface area contributed by atoms with Gasteiger partial charge in [-0.05, 0) is 30.2 Å². The van der Waals surface area contributed by atoms with Gasteiger partial charge in [0, 0.05) is 37.3 Å². The molecular formula is C19H25N3O2. The van der Waals surface area contributed by atoms with Crippen LogP contribution in [0.2, 0.25) is 0 Å². The van der Waals surface area contributed by atoms with Gasteiger partial charge in [0.1, 0.15) is 0 Å². The molecule has 5 heteroatoms. The third kappa shape index (κ3) is 4.23. The van der Waals surface area contributed by atoms with Crippen LogP contribution >= 0.6 is 0 Å². The molecule has 2 aromatic rings. The number of ether oxygens (including phenoxy) is 1. The van der Waals surface area contributed by atoms with Crippen molar-refractivity contribution in [3.8, 4) is 0 Å². The summed E-state index contributed by atoms with van der Waals surface area (Å²) in [6.45, 7) is 4.72. The summed E-state index contributed by atoms with van der Waals surface area (Å²) in [5, 5.41) is 0. The van der Waals surface area contributed by atoms with Gasteiger partial charge in [0.25, 0.3) is 0 Å². The summed E-state index contributed by atoms with van der Waals surface area (Å²) in [5.41, 5.74) is 2.23. The normalized spacial score (nSPS) is 17.4. The van der Waals surface area contributed by atoms with Crippen molar-refractivity contribution < 1.29 is 9.53 Å². The van der Waals surface area contributed by atoms with E-state index in [2.05, 4.69) is 28.7 Å². The van der Waals surface area contributed by atoms with E-state index in [1.54, 1.807) is 6.20 Å². The summed E-state index contributed by atoms with van der Waals surface area (Å²) in [6, 6.07) is 8.04. The van der Waals surface area contributed by atoms with Gasteiger partial charge in [0.2, 0.25) is 5.91 Å². The number of hydrogen-bond donors (Lipinski definition) is 0. The first-order valence-corrected chi connectivity index (χ1v) is 8.68. The Balaban J connectivity index is 1.68. The Morgan fingerprint density at radius 3 is 3.04 bits per heavy atom. The van der Waals surface area contributed by atoms with Crippen LogP contribution in [0.15, 0.2) is 42.9 Å². The molecule has 1 amide bonds.